The second kappa shape index (κ2) is 3.01. The molecule has 0 aromatic rings. The van der Waals surface area contributed by atoms with E-state index in [2.05, 4.69) is 39.0 Å². The van der Waals surface area contributed by atoms with Crippen molar-refractivity contribution in [2.24, 2.45) is 17.3 Å². The lowest BCUT2D eigenvalue weighted by atomic mass is 9.84. The van der Waals surface area contributed by atoms with Crippen LogP contribution in [0.2, 0.25) is 0 Å². The molecule has 0 aromatic heterocycles. The van der Waals surface area contributed by atoms with Gasteiger partial charge in [-0.2, -0.15) is 0 Å². The van der Waals surface area contributed by atoms with Crippen molar-refractivity contribution >= 4 is 0 Å². The van der Waals surface area contributed by atoms with Crippen molar-refractivity contribution in [1.82, 2.24) is 0 Å². The zero-order valence-electron chi connectivity index (χ0n) is 9.01. The van der Waals surface area contributed by atoms with Crippen molar-refractivity contribution in [3.05, 3.63) is 23.8 Å². The molecule has 1 atom stereocenters. The maximum Gasteiger partial charge on any atom is -0.0134 e. The van der Waals surface area contributed by atoms with Crippen LogP contribution < -0.4 is 0 Å². The van der Waals surface area contributed by atoms with E-state index in [9.17, 15) is 0 Å². The van der Waals surface area contributed by atoms with Gasteiger partial charge in [0.25, 0.3) is 0 Å². The summed E-state index contributed by atoms with van der Waals surface area (Å²) in [5, 5.41) is 0. The lowest BCUT2D eigenvalue weighted by Crippen LogP contribution is -2.12. The van der Waals surface area contributed by atoms with Crippen LogP contribution in [0.25, 0.3) is 0 Å². The molecule has 0 spiro atoms. The quantitative estimate of drug-likeness (QED) is 0.531. The summed E-state index contributed by atoms with van der Waals surface area (Å²) >= 11 is 0. The first kappa shape index (κ1) is 9.05. The van der Waals surface area contributed by atoms with Crippen LogP contribution in [0.1, 0.15) is 40.0 Å². The molecule has 0 saturated carbocycles. The summed E-state index contributed by atoms with van der Waals surface area (Å²) in [6.07, 6.45) is 11.1. The van der Waals surface area contributed by atoms with E-state index in [4.69, 9.17) is 0 Å². The third kappa shape index (κ3) is 1.59. The monoisotopic (exact) mass is 176 g/mol. The first-order valence-corrected chi connectivity index (χ1v) is 5.46. The van der Waals surface area contributed by atoms with Crippen molar-refractivity contribution < 1.29 is 0 Å². The molecule has 0 aromatic carbocycles. The Morgan fingerprint density at radius 2 is 1.85 bits per heavy atom. The molecule has 2 rings (SSSR count). The Morgan fingerprint density at radius 3 is 2.31 bits per heavy atom. The van der Waals surface area contributed by atoms with Crippen molar-refractivity contribution in [1.29, 1.82) is 0 Å². The minimum absolute atomic E-state index is 0.442. The number of rotatable bonds is 1. The summed E-state index contributed by atoms with van der Waals surface area (Å²) in [5.41, 5.74) is 2.17. The van der Waals surface area contributed by atoms with Crippen molar-refractivity contribution in [3.8, 4) is 0 Å². The second-order valence-electron chi connectivity index (χ2n) is 5.29. The van der Waals surface area contributed by atoms with Crippen LogP contribution in [0.5, 0.6) is 0 Å². The van der Waals surface area contributed by atoms with Crippen LogP contribution in [-0.4, -0.2) is 0 Å². The molecule has 0 heteroatoms. The van der Waals surface area contributed by atoms with Crippen LogP contribution in [0.4, 0.5) is 0 Å². The van der Waals surface area contributed by atoms with Gasteiger partial charge in [-0.3, -0.25) is 0 Å². The highest BCUT2D eigenvalue weighted by Crippen LogP contribution is 2.45. The molecule has 0 amide bonds. The summed E-state index contributed by atoms with van der Waals surface area (Å²) in [4.78, 5) is 0. The maximum absolute atomic E-state index is 2.54. The van der Waals surface area contributed by atoms with E-state index in [0.717, 1.165) is 11.8 Å². The van der Waals surface area contributed by atoms with Gasteiger partial charge in [0.15, 0.2) is 0 Å². The van der Waals surface area contributed by atoms with Crippen molar-refractivity contribution in [2.45, 2.75) is 40.0 Å². The summed E-state index contributed by atoms with van der Waals surface area (Å²) in [5.74, 6) is 1.69. The first-order chi connectivity index (χ1) is 6.09. The summed E-state index contributed by atoms with van der Waals surface area (Å²) in [6.45, 7) is 7.12. The largest absolute Gasteiger partial charge is 0.0879 e. The van der Waals surface area contributed by atoms with Gasteiger partial charge in [0.2, 0.25) is 0 Å². The minimum atomic E-state index is 0.442. The van der Waals surface area contributed by atoms with Crippen LogP contribution in [0.3, 0.4) is 0 Å². The third-order valence-corrected chi connectivity index (χ3v) is 3.90. The van der Waals surface area contributed by atoms with E-state index in [1.807, 2.05) is 0 Å². The number of hydrogen-bond donors (Lipinski definition) is 0. The third-order valence-electron chi connectivity index (χ3n) is 3.90. The zero-order valence-corrected chi connectivity index (χ0v) is 9.01. The molecule has 2 aliphatic carbocycles. The van der Waals surface area contributed by atoms with Gasteiger partial charge in [-0.1, -0.05) is 44.6 Å². The maximum atomic E-state index is 2.54. The number of allylic oxidation sites excluding steroid dienone is 4. The van der Waals surface area contributed by atoms with Crippen LogP contribution >= 0.6 is 0 Å². The molecule has 0 fully saturated rings. The lowest BCUT2D eigenvalue weighted by Gasteiger charge is -2.21. The average molecular weight is 176 g/mol. The van der Waals surface area contributed by atoms with Crippen molar-refractivity contribution in [3.63, 3.8) is 0 Å². The Hall–Kier alpha value is -0.520. The first-order valence-electron chi connectivity index (χ1n) is 5.46. The van der Waals surface area contributed by atoms with Crippen LogP contribution in [-0.2, 0) is 0 Å². The normalized spacial score (nSPS) is 32.5. The Labute approximate surface area is 81.7 Å². The van der Waals surface area contributed by atoms with Gasteiger partial charge in [-0.25, -0.2) is 0 Å². The fraction of sp³-hybridized carbons (Fsp3) is 0.692. The topological polar surface area (TPSA) is 0 Å². The van der Waals surface area contributed by atoms with E-state index in [0.29, 0.717) is 5.41 Å². The van der Waals surface area contributed by atoms with Gasteiger partial charge < -0.3 is 0 Å². The molecule has 0 saturated heterocycles. The zero-order chi connectivity index (χ0) is 9.47. The minimum Gasteiger partial charge on any atom is -0.0879 e. The van der Waals surface area contributed by atoms with Gasteiger partial charge in [-0.05, 0) is 36.5 Å². The summed E-state index contributed by atoms with van der Waals surface area (Å²) < 4.78 is 0. The SMILES string of the molecule is CC1CC(C2CC=CC2)=CC1(C)C. The van der Waals surface area contributed by atoms with Gasteiger partial charge in [0, 0.05) is 0 Å². The molecule has 2 aliphatic rings. The Morgan fingerprint density at radius 1 is 1.23 bits per heavy atom. The highest BCUT2D eigenvalue weighted by Gasteiger charge is 2.33. The van der Waals surface area contributed by atoms with Crippen molar-refractivity contribution in [2.75, 3.05) is 0 Å². The van der Waals surface area contributed by atoms with Crippen LogP contribution in [0, 0.1) is 17.3 Å². The van der Waals surface area contributed by atoms with Gasteiger partial charge >= 0.3 is 0 Å². The Bertz CT molecular complexity index is 247. The fourth-order valence-corrected chi connectivity index (χ4v) is 2.50. The highest BCUT2D eigenvalue weighted by molar-refractivity contribution is 5.23. The summed E-state index contributed by atoms with van der Waals surface area (Å²) in [7, 11) is 0. The molecular weight excluding hydrogens is 156 g/mol. The molecular formula is C13H20. The predicted molar refractivity (Wildman–Crippen MR) is 57.5 cm³/mol. The molecule has 0 bridgehead atoms. The molecule has 0 radical (unpaired) electrons. The summed E-state index contributed by atoms with van der Waals surface area (Å²) in [6, 6.07) is 0. The van der Waals surface area contributed by atoms with Gasteiger partial charge in [0.1, 0.15) is 0 Å². The molecule has 0 heterocycles. The Balaban J connectivity index is 2.10. The molecule has 1 unspecified atom stereocenters. The molecule has 0 N–H and O–H groups in total. The van der Waals surface area contributed by atoms with Gasteiger partial charge in [0.05, 0.1) is 0 Å². The van der Waals surface area contributed by atoms with E-state index < -0.39 is 0 Å². The van der Waals surface area contributed by atoms with Gasteiger partial charge in [-0.15, -0.1) is 0 Å². The average Bonchev–Trinajstić information content (AvgIpc) is 2.60. The molecule has 0 aliphatic heterocycles. The number of hydrogen-bond acceptors (Lipinski definition) is 0. The van der Waals surface area contributed by atoms with E-state index in [1.54, 1.807) is 5.57 Å². The standard InChI is InChI=1S/C13H20/c1-10-8-12(9-13(10,2)3)11-6-4-5-7-11/h4-5,9-11H,6-8H2,1-3H3. The predicted octanol–water partition coefficient (Wildman–Crippen LogP) is 3.95. The molecule has 72 valence electrons. The second-order valence-corrected chi connectivity index (χ2v) is 5.29. The fourth-order valence-electron chi connectivity index (χ4n) is 2.50. The lowest BCUT2D eigenvalue weighted by molar-refractivity contribution is 0.332. The Kier molecular flexibility index (Phi) is 2.09. The van der Waals surface area contributed by atoms with Crippen LogP contribution in [0.15, 0.2) is 23.8 Å². The van der Waals surface area contributed by atoms with E-state index in [1.165, 1.54) is 19.3 Å². The van der Waals surface area contributed by atoms with E-state index in [-0.39, 0.29) is 0 Å². The smallest absolute Gasteiger partial charge is 0.0134 e. The highest BCUT2D eigenvalue weighted by atomic mass is 14.4. The molecule has 0 nitrogen and oxygen atoms in total. The van der Waals surface area contributed by atoms with E-state index >= 15 is 0 Å². The molecule has 13 heavy (non-hydrogen) atoms.